The van der Waals surface area contributed by atoms with E-state index in [9.17, 15) is 4.79 Å². The molecule has 0 saturated heterocycles. The Bertz CT molecular complexity index is 202. The molecular weight excluding hydrogens is 202 g/mol. The van der Waals surface area contributed by atoms with E-state index in [4.69, 9.17) is 5.11 Å². The molecule has 0 fully saturated rings. The summed E-state index contributed by atoms with van der Waals surface area (Å²) >= 11 is 0. The van der Waals surface area contributed by atoms with Crippen molar-refractivity contribution in [2.45, 2.75) is 65.3 Å². The molecule has 0 aliphatic carbocycles. The van der Waals surface area contributed by atoms with Gasteiger partial charge in [0.2, 0.25) is 0 Å². The molecule has 0 atom stereocenters. The largest absolute Gasteiger partial charge is 0.480 e. The minimum atomic E-state index is -0.737. The monoisotopic (exact) mass is 229 g/mol. The predicted molar refractivity (Wildman–Crippen MR) is 67.7 cm³/mol. The van der Waals surface area contributed by atoms with Gasteiger partial charge < -0.3 is 5.11 Å². The number of nitrogens with zero attached hydrogens (tertiary/aromatic N) is 1. The molecule has 3 nitrogen and oxygen atoms in total. The van der Waals surface area contributed by atoms with Crippen LogP contribution in [0.1, 0.15) is 59.8 Å². The second-order valence-electron chi connectivity index (χ2n) is 4.86. The number of hydrogen-bond donors (Lipinski definition) is 1. The molecule has 0 aromatic rings. The van der Waals surface area contributed by atoms with Gasteiger partial charge >= 0.3 is 5.97 Å². The maximum absolute atomic E-state index is 11.1. The Morgan fingerprint density at radius 1 is 1.12 bits per heavy atom. The molecule has 0 rings (SSSR count). The smallest absolute Gasteiger partial charge is 0.323 e. The van der Waals surface area contributed by atoms with E-state index in [1.165, 1.54) is 25.7 Å². The van der Waals surface area contributed by atoms with Crippen LogP contribution in [0.3, 0.4) is 0 Å². The summed E-state index contributed by atoms with van der Waals surface area (Å²) in [7, 11) is 0. The zero-order chi connectivity index (χ0) is 12.6. The molecule has 0 bridgehead atoms. The van der Waals surface area contributed by atoms with E-state index in [0.717, 1.165) is 19.5 Å². The summed E-state index contributed by atoms with van der Waals surface area (Å²) < 4.78 is 0. The molecule has 1 N–H and O–H groups in total. The van der Waals surface area contributed by atoms with Gasteiger partial charge in [-0.1, -0.05) is 39.5 Å². The van der Waals surface area contributed by atoms with Crippen LogP contribution in [0, 0.1) is 0 Å². The molecule has 0 unspecified atom stereocenters. The molecule has 0 aromatic carbocycles. The Labute approximate surface area is 99.8 Å². The number of rotatable bonds is 9. The molecule has 0 radical (unpaired) electrons. The van der Waals surface area contributed by atoms with Crippen molar-refractivity contribution in [1.29, 1.82) is 0 Å². The Morgan fingerprint density at radius 3 is 2.12 bits per heavy atom. The Morgan fingerprint density at radius 2 is 1.69 bits per heavy atom. The van der Waals surface area contributed by atoms with Gasteiger partial charge in [0.25, 0.3) is 0 Å². The lowest BCUT2D eigenvalue weighted by Crippen LogP contribution is -2.50. The van der Waals surface area contributed by atoms with Crippen molar-refractivity contribution in [3.05, 3.63) is 0 Å². The summed E-state index contributed by atoms with van der Waals surface area (Å²) in [4.78, 5) is 13.2. The molecule has 0 aliphatic heterocycles. The van der Waals surface area contributed by atoms with Gasteiger partial charge in [-0.15, -0.1) is 0 Å². The lowest BCUT2D eigenvalue weighted by atomic mass is 10.0. The first kappa shape index (κ1) is 15.4. The van der Waals surface area contributed by atoms with E-state index in [-0.39, 0.29) is 0 Å². The van der Waals surface area contributed by atoms with Gasteiger partial charge in [0.1, 0.15) is 5.54 Å². The Balaban J connectivity index is 3.96. The summed E-state index contributed by atoms with van der Waals surface area (Å²) in [6.07, 6.45) is 6.11. The number of carboxylic acid groups (broad SMARTS) is 1. The van der Waals surface area contributed by atoms with E-state index in [1.807, 2.05) is 11.8 Å². The van der Waals surface area contributed by atoms with E-state index >= 15 is 0 Å². The van der Waals surface area contributed by atoms with Crippen molar-refractivity contribution in [1.82, 2.24) is 4.90 Å². The van der Waals surface area contributed by atoms with Crippen LogP contribution in [0.4, 0.5) is 0 Å². The summed E-state index contributed by atoms with van der Waals surface area (Å²) in [5.74, 6) is -0.733. The molecule has 0 heterocycles. The van der Waals surface area contributed by atoms with Crippen molar-refractivity contribution in [2.24, 2.45) is 0 Å². The SMILES string of the molecule is CCCCCCCN(CC)C(C)(C)C(=O)O. The Kier molecular flexibility index (Phi) is 7.39. The lowest BCUT2D eigenvalue weighted by molar-refractivity contribution is -0.149. The van der Waals surface area contributed by atoms with Crippen LogP contribution in [-0.4, -0.2) is 34.6 Å². The number of likely N-dealkylation sites (N-methyl/N-ethyl adjacent to an activating group) is 1. The minimum Gasteiger partial charge on any atom is -0.480 e. The third kappa shape index (κ3) is 4.97. The zero-order valence-corrected chi connectivity index (χ0v) is 11.3. The molecule has 0 aromatic heterocycles. The second-order valence-corrected chi connectivity index (χ2v) is 4.86. The molecule has 0 aliphatic rings. The van der Waals surface area contributed by atoms with E-state index < -0.39 is 11.5 Å². The first-order valence-corrected chi connectivity index (χ1v) is 6.45. The molecule has 3 heteroatoms. The fourth-order valence-electron chi connectivity index (χ4n) is 1.87. The van der Waals surface area contributed by atoms with E-state index in [0.29, 0.717) is 0 Å². The fourth-order valence-corrected chi connectivity index (χ4v) is 1.87. The number of unbranched alkanes of at least 4 members (excludes halogenated alkanes) is 4. The van der Waals surface area contributed by atoms with Crippen LogP contribution < -0.4 is 0 Å². The van der Waals surface area contributed by atoms with Crippen LogP contribution in [0.15, 0.2) is 0 Å². The molecule has 0 amide bonds. The number of carboxylic acids is 1. The molecule has 96 valence electrons. The quantitative estimate of drug-likeness (QED) is 0.617. The second kappa shape index (κ2) is 7.66. The van der Waals surface area contributed by atoms with Crippen molar-refractivity contribution in [2.75, 3.05) is 13.1 Å². The highest BCUT2D eigenvalue weighted by Crippen LogP contribution is 2.16. The Hall–Kier alpha value is -0.570. The third-order valence-electron chi connectivity index (χ3n) is 3.23. The van der Waals surface area contributed by atoms with Gasteiger partial charge in [0.15, 0.2) is 0 Å². The van der Waals surface area contributed by atoms with E-state index in [2.05, 4.69) is 6.92 Å². The van der Waals surface area contributed by atoms with Crippen molar-refractivity contribution in [3.63, 3.8) is 0 Å². The van der Waals surface area contributed by atoms with Gasteiger partial charge in [-0.25, -0.2) is 0 Å². The highest BCUT2D eigenvalue weighted by molar-refractivity contribution is 5.77. The first-order chi connectivity index (χ1) is 7.46. The lowest BCUT2D eigenvalue weighted by Gasteiger charge is -2.34. The summed E-state index contributed by atoms with van der Waals surface area (Å²) in [6, 6.07) is 0. The maximum atomic E-state index is 11.1. The highest BCUT2D eigenvalue weighted by Gasteiger charge is 2.32. The van der Waals surface area contributed by atoms with Crippen LogP contribution in [0.2, 0.25) is 0 Å². The van der Waals surface area contributed by atoms with Crippen LogP contribution in [-0.2, 0) is 4.79 Å². The van der Waals surface area contributed by atoms with Crippen molar-refractivity contribution >= 4 is 5.97 Å². The van der Waals surface area contributed by atoms with Crippen LogP contribution >= 0.6 is 0 Å². The minimum absolute atomic E-state index is 0.733. The van der Waals surface area contributed by atoms with Gasteiger partial charge in [-0.2, -0.15) is 0 Å². The van der Waals surface area contributed by atoms with Gasteiger partial charge in [-0.3, -0.25) is 9.69 Å². The molecular formula is C13H27NO2. The predicted octanol–water partition coefficient (Wildman–Crippen LogP) is 3.14. The van der Waals surface area contributed by atoms with Gasteiger partial charge in [-0.05, 0) is 33.4 Å². The van der Waals surface area contributed by atoms with Gasteiger partial charge in [0, 0.05) is 0 Å². The molecule has 0 saturated carbocycles. The summed E-state index contributed by atoms with van der Waals surface area (Å²) in [5, 5.41) is 9.14. The average molecular weight is 229 g/mol. The zero-order valence-electron chi connectivity index (χ0n) is 11.3. The maximum Gasteiger partial charge on any atom is 0.323 e. The molecule has 0 spiro atoms. The van der Waals surface area contributed by atoms with Crippen molar-refractivity contribution < 1.29 is 9.90 Å². The van der Waals surface area contributed by atoms with Crippen LogP contribution in [0.25, 0.3) is 0 Å². The van der Waals surface area contributed by atoms with Crippen molar-refractivity contribution in [3.8, 4) is 0 Å². The normalized spacial score (nSPS) is 12.1. The standard InChI is InChI=1S/C13H27NO2/c1-5-7-8-9-10-11-14(6-2)13(3,4)12(15)16/h5-11H2,1-4H3,(H,15,16). The number of carbonyl (C=O) groups is 1. The fraction of sp³-hybridized carbons (Fsp3) is 0.923. The first-order valence-electron chi connectivity index (χ1n) is 6.45. The molecule has 16 heavy (non-hydrogen) atoms. The van der Waals surface area contributed by atoms with Crippen LogP contribution in [0.5, 0.6) is 0 Å². The van der Waals surface area contributed by atoms with E-state index in [1.54, 1.807) is 13.8 Å². The number of hydrogen-bond acceptors (Lipinski definition) is 2. The topological polar surface area (TPSA) is 40.5 Å². The summed E-state index contributed by atoms with van der Waals surface area (Å²) in [5.41, 5.74) is -0.737. The average Bonchev–Trinajstić information content (AvgIpc) is 2.22. The summed E-state index contributed by atoms with van der Waals surface area (Å²) in [6.45, 7) is 9.48. The number of aliphatic carboxylic acids is 1. The highest BCUT2D eigenvalue weighted by atomic mass is 16.4. The third-order valence-corrected chi connectivity index (χ3v) is 3.23. The van der Waals surface area contributed by atoms with Gasteiger partial charge in [0.05, 0.1) is 0 Å².